The minimum atomic E-state index is 1.09. The molecule has 0 unspecified atom stereocenters. The Hall–Kier alpha value is 0.170. The molecular weight excluding hydrogens is 260 g/mol. The Labute approximate surface area is 78.7 Å². The third-order valence-corrected chi connectivity index (χ3v) is 1.03. The summed E-state index contributed by atoms with van der Waals surface area (Å²) in [7, 11) is 4.61. The molecule has 56 valence electrons. The molecule has 0 aliphatic heterocycles. The Morgan fingerprint density at radius 1 is 1.20 bits per heavy atom. The van der Waals surface area contributed by atoms with Crippen molar-refractivity contribution in [2.24, 2.45) is 0 Å². The van der Waals surface area contributed by atoms with Gasteiger partial charge in [-0.15, -0.1) is 0 Å². The Morgan fingerprint density at radius 3 is 1.80 bits per heavy atom. The molecule has 0 atom stereocenters. The van der Waals surface area contributed by atoms with E-state index in [0.717, 1.165) is 11.4 Å². The number of aryl methyl sites for hydroxylation is 2. The number of aromatic nitrogens is 1. The molecule has 1 heterocycles. The summed E-state index contributed by atoms with van der Waals surface area (Å²) in [5.41, 5.74) is 2.18. The number of hydrogen-bond donors (Lipinski definition) is 0. The van der Waals surface area contributed by atoms with Gasteiger partial charge < -0.3 is 0 Å². The summed E-state index contributed by atoms with van der Waals surface area (Å²) < 4.78 is 0. The van der Waals surface area contributed by atoms with Gasteiger partial charge in [0.25, 0.3) is 0 Å². The SMILES string of the molecule is Cc1cccc(C)n1.ClI. The van der Waals surface area contributed by atoms with E-state index in [-0.39, 0.29) is 0 Å². The highest BCUT2D eigenvalue weighted by Gasteiger charge is 1.82. The fourth-order valence-corrected chi connectivity index (χ4v) is 0.679. The lowest BCUT2D eigenvalue weighted by Gasteiger charge is -1.90. The molecule has 1 rings (SSSR count). The van der Waals surface area contributed by atoms with Crippen LogP contribution in [0.25, 0.3) is 0 Å². The van der Waals surface area contributed by atoms with E-state index in [4.69, 9.17) is 0 Å². The second-order valence-electron chi connectivity index (χ2n) is 1.92. The minimum absolute atomic E-state index is 1.09. The van der Waals surface area contributed by atoms with Crippen LogP contribution in [0.3, 0.4) is 0 Å². The molecule has 0 radical (unpaired) electrons. The van der Waals surface area contributed by atoms with Crippen molar-refractivity contribution in [2.45, 2.75) is 13.8 Å². The summed E-state index contributed by atoms with van der Waals surface area (Å²) in [6.45, 7) is 3.99. The number of halogens is 2. The Bertz CT molecular complexity index is 173. The van der Waals surface area contributed by atoms with Gasteiger partial charge in [-0.2, -0.15) is 0 Å². The predicted octanol–water partition coefficient (Wildman–Crippen LogP) is 3.27. The molecular formula is C7H9ClIN. The van der Waals surface area contributed by atoms with Crippen molar-refractivity contribution in [1.29, 1.82) is 0 Å². The molecule has 1 nitrogen and oxygen atoms in total. The van der Waals surface area contributed by atoms with Crippen LogP contribution >= 0.6 is 30.4 Å². The van der Waals surface area contributed by atoms with Crippen molar-refractivity contribution in [3.8, 4) is 0 Å². The highest BCUT2D eigenvalue weighted by molar-refractivity contribution is 14.1. The maximum absolute atomic E-state index is 4.61. The van der Waals surface area contributed by atoms with Gasteiger partial charge >= 0.3 is 0 Å². The second-order valence-corrected chi connectivity index (χ2v) is 1.92. The normalized spacial score (nSPS) is 8.00. The van der Waals surface area contributed by atoms with Gasteiger partial charge in [0.1, 0.15) is 0 Å². The molecule has 3 heteroatoms. The molecule has 0 aliphatic carbocycles. The molecule has 0 aromatic carbocycles. The van der Waals surface area contributed by atoms with Gasteiger partial charge in [0.2, 0.25) is 0 Å². The van der Waals surface area contributed by atoms with Crippen molar-refractivity contribution >= 4 is 30.4 Å². The third kappa shape index (κ3) is 4.06. The molecule has 1 aromatic rings. The third-order valence-electron chi connectivity index (χ3n) is 1.03. The molecule has 0 bridgehead atoms. The number of pyridine rings is 1. The molecule has 10 heavy (non-hydrogen) atoms. The molecule has 0 saturated heterocycles. The zero-order valence-corrected chi connectivity index (χ0v) is 8.85. The van der Waals surface area contributed by atoms with Gasteiger partial charge in [0.05, 0.1) is 0 Å². The van der Waals surface area contributed by atoms with E-state index in [2.05, 4.69) is 13.9 Å². The monoisotopic (exact) mass is 269 g/mol. The first-order valence-corrected chi connectivity index (χ1v) is 5.57. The van der Waals surface area contributed by atoms with Crippen LogP contribution in [0.1, 0.15) is 11.4 Å². The van der Waals surface area contributed by atoms with Gasteiger partial charge in [-0.25, -0.2) is 0 Å². The van der Waals surface area contributed by atoms with Crippen LogP contribution in [-0.4, -0.2) is 4.98 Å². The smallest absolute Gasteiger partial charge is 0.0425 e. The largest absolute Gasteiger partial charge is 0.258 e. The van der Waals surface area contributed by atoms with Crippen LogP contribution in [0, 0.1) is 13.8 Å². The number of rotatable bonds is 0. The van der Waals surface area contributed by atoms with Crippen LogP contribution < -0.4 is 0 Å². The lowest BCUT2D eigenvalue weighted by molar-refractivity contribution is 1.12. The van der Waals surface area contributed by atoms with E-state index in [1.165, 1.54) is 0 Å². The maximum atomic E-state index is 4.61. The molecule has 0 aliphatic rings. The minimum Gasteiger partial charge on any atom is -0.258 e. The molecule has 0 spiro atoms. The predicted molar refractivity (Wildman–Crippen MR) is 53.6 cm³/mol. The summed E-state index contributed by atoms with van der Waals surface area (Å²) in [6, 6.07) is 6.00. The quantitative estimate of drug-likeness (QED) is 0.659. The average molecular weight is 270 g/mol. The number of nitrogens with zero attached hydrogens (tertiary/aromatic N) is 1. The highest BCUT2D eigenvalue weighted by atomic mass is 127. The standard InChI is InChI=1S/C7H9N.ClI/c1-6-4-3-5-7(2)8-6;1-2/h3-5H,1-2H3;. The second kappa shape index (κ2) is 5.92. The van der Waals surface area contributed by atoms with Crippen molar-refractivity contribution < 1.29 is 0 Å². The molecule has 0 N–H and O–H groups in total. The fourth-order valence-electron chi connectivity index (χ4n) is 0.679. The zero-order chi connectivity index (χ0) is 7.98. The highest BCUT2D eigenvalue weighted by Crippen LogP contribution is 1.93. The summed E-state index contributed by atoms with van der Waals surface area (Å²) in [4.78, 5) is 4.17. The molecule has 1 aromatic heterocycles. The van der Waals surface area contributed by atoms with Crippen LogP contribution in [0.2, 0.25) is 0 Å². The maximum Gasteiger partial charge on any atom is 0.0425 e. The Balaban J connectivity index is 0.000000371. The van der Waals surface area contributed by atoms with Gasteiger partial charge in [0, 0.05) is 32.9 Å². The van der Waals surface area contributed by atoms with E-state index in [1.54, 1.807) is 21.5 Å². The van der Waals surface area contributed by atoms with Gasteiger partial charge in [0.15, 0.2) is 0 Å². The summed E-state index contributed by atoms with van der Waals surface area (Å²) in [6.07, 6.45) is 0. The molecule has 0 saturated carbocycles. The van der Waals surface area contributed by atoms with E-state index in [0.29, 0.717) is 0 Å². The van der Waals surface area contributed by atoms with E-state index >= 15 is 0 Å². The van der Waals surface area contributed by atoms with Gasteiger partial charge in [-0.3, -0.25) is 4.98 Å². The summed E-state index contributed by atoms with van der Waals surface area (Å²) >= 11 is 1.62. The summed E-state index contributed by atoms with van der Waals surface area (Å²) in [5, 5.41) is 0. The first-order chi connectivity index (χ1) is 4.79. The zero-order valence-electron chi connectivity index (χ0n) is 5.94. The molecule has 0 amide bonds. The topological polar surface area (TPSA) is 12.9 Å². The van der Waals surface area contributed by atoms with Crippen LogP contribution in [0.4, 0.5) is 0 Å². The number of hydrogen-bond acceptors (Lipinski definition) is 1. The van der Waals surface area contributed by atoms with Crippen LogP contribution in [-0.2, 0) is 0 Å². The van der Waals surface area contributed by atoms with Crippen LogP contribution in [0.15, 0.2) is 18.2 Å². The van der Waals surface area contributed by atoms with E-state index < -0.39 is 0 Å². The van der Waals surface area contributed by atoms with Crippen molar-refractivity contribution in [2.75, 3.05) is 0 Å². The fraction of sp³-hybridized carbons (Fsp3) is 0.286. The van der Waals surface area contributed by atoms with E-state index in [1.807, 2.05) is 32.0 Å². The lowest BCUT2D eigenvalue weighted by Crippen LogP contribution is -1.81. The van der Waals surface area contributed by atoms with Crippen molar-refractivity contribution in [3.05, 3.63) is 29.6 Å². The van der Waals surface area contributed by atoms with Gasteiger partial charge in [-0.05, 0) is 34.9 Å². The lowest BCUT2D eigenvalue weighted by atomic mass is 10.3. The Kier molecular flexibility index (Phi) is 6.02. The Morgan fingerprint density at radius 2 is 1.60 bits per heavy atom. The summed E-state index contributed by atoms with van der Waals surface area (Å²) in [5.74, 6) is 0. The average Bonchev–Trinajstić information content (AvgIpc) is 1.91. The van der Waals surface area contributed by atoms with Crippen LogP contribution in [0.5, 0.6) is 0 Å². The van der Waals surface area contributed by atoms with E-state index in [9.17, 15) is 0 Å². The first kappa shape index (κ1) is 10.2. The molecule has 0 fully saturated rings. The first-order valence-electron chi connectivity index (χ1n) is 2.83. The van der Waals surface area contributed by atoms with Gasteiger partial charge in [-0.1, -0.05) is 6.07 Å². The van der Waals surface area contributed by atoms with Crippen molar-refractivity contribution in [1.82, 2.24) is 4.98 Å². The van der Waals surface area contributed by atoms with Crippen molar-refractivity contribution in [3.63, 3.8) is 0 Å².